The molecule has 5 N–H and O–H groups in total. The predicted octanol–water partition coefficient (Wildman–Crippen LogP) is -0.950. The monoisotopic (exact) mass is 317 g/mol. The lowest BCUT2D eigenvalue weighted by atomic mass is 10.1. The van der Waals surface area contributed by atoms with Gasteiger partial charge in [-0.05, 0) is 19.4 Å². The molecule has 0 bridgehead atoms. The van der Waals surface area contributed by atoms with Crippen molar-refractivity contribution >= 4 is 17.8 Å². The summed E-state index contributed by atoms with van der Waals surface area (Å²) in [6.07, 6.45) is 2.99. The Balaban J connectivity index is 4.38. The summed E-state index contributed by atoms with van der Waals surface area (Å²) in [7, 11) is 1.24. The summed E-state index contributed by atoms with van der Waals surface area (Å²) in [6, 6.07) is -1.78. The minimum atomic E-state index is -0.974. The van der Waals surface area contributed by atoms with E-state index >= 15 is 0 Å². The number of hydrogen-bond acceptors (Lipinski definition) is 6. The van der Waals surface area contributed by atoms with Crippen molar-refractivity contribution in [3.8, 4) is 0 Å². The maximum atomic E-state index is 12.0. The maximum Gasteiger partial charge on any atom is 0.305 e. The third-order valence-electron chi connectivity index (χ3n) is 3.19. The summed E-state index contributed by atoms with van der Waals surface area (Å²) < 4.78 is 4.47. The zero-order chi connectivity index (χ0) is 17.0. The molecule has 0 fully saturated rings. The molecule has 0 rings (SSSR count). The summed E-state index contributed by atoms with van der Waals surface area (Å²) in [4.78, 5) is 34.4. The van der Waals surface area contributed by atoms with E-state index in [4.69, 9.17) is 5.73 Å². The highest BCUT2D eigenvalue weighted by atomic mass is 16.5. The number of carbonyl (C=O) groups excluding carboxylic acids is 3. The zero-order valence-corrected chi connectivity index (χ0v) is 13.3. The highest BCUT2D eigenvalue weighted by Crippen LogP contribution is 2.00. The van der Waals surface area contributed by atoms with Crippen molar-refractivity contribution in [3.05, 3.63) is 0 Å². The Morgan fingerprint density at radius 1 is 1.23 bits per heavy atom. The number of methoxy groups -OCH3 is 1. The van der Waals surface area contributed by atoms with Crippen LogP contribution < -0.4 is 16.4 Å². The van der Waals surface area contributed by atoms with Crippen molar-refractivity contribution in [2.75, 3.05) is 20.3 Å². The largest absolute Gasteiger partial charge is 0.469 e. The van der Waals surface area contributed by atoms with Gasteiger partial charge in [0.05, 0.1) is 13.7 Å². The maximum absolute atomic E-state index is 12.0. The van der Waals surface area contributed by atoms with E-state index < -0.39 is 29.9 Å². The molecule has 128 valence electrons. The van der Waals surface area contributed by atoms with E-state index in [2.05, 4.69) is 22.3 Å². The number of aliphatic hydroxyl groups excluding tert-OH is 1. The molecular weight excluding hydrogens is 290 g/mol. The van der Waals surface area contributed by atoms with Crippen LogP contribution >= 0.6 is 0 Å². The predicted molar refractivity (Wildman–Crippen MR) is 80.8 cm³/mol. The van der Waals surface area contributed by atoms with Gasteiger partial charge in [0, 0.05) is 6.42 Å². The van der Waals surface area contributed by atoms with Gasteiger partial charge in [-0.2, -0.15) is 0 Å². The summed E-state index contributed by atoms with van der Waals surface area (Å²) in [5.74, 6) is -1.75. The number of esters is 1. The Kier molecular flexibility index (Phi) is 11.0. The van der Waals surface area contributed by atoms with Gasteiger partial charge in [0.1, 0.15) is 12.1 Å². The third kappa shape index (κ3) is 8.58. The van der Waals surface area contributed by atoms with Crippen molar-refractivity contribution in [2.24, 2.45) is 5.73 Å². The quantitative estimate of drug-likeness (QED) is 0.271. The van der Waals surface area contributed by atoms with E-state index in [0.29, 0.717) is 6.54 Å². The number of rotatable bonds is 12. The second-order valence-corrected chi connectivity index (χ2v) is 4.97. The number of nitrogens with two attached hydrogens (primary N) is 1. The Morgan fingerprint density at radius 3 is 2.41 bits per heavy atom. The van der Waals surface area contributed by atoms with Crippen LogP contribution in [0.15, 0.2) is 0 Å². The van der Waals surface area contributed by atoms with Crippen LogP contribution in [-0.4, -0.2) is 55.2 Å². The molecule has 8 nitrogen and oxygen atoms in total. The van der Waals surface area contributed by atoms with E-state index in [1.165, 1.54) is 7.11 Å². The smallest absolute Gasteiger partial charge is 0.305 e. The molecule has 0 radical (unpaired) electrons. The molecule has 0 heterocycles. The standard InChI is InChI=1S/C14H27N3O5/c1-3-4-5-8-16-11(9-18)14(21)17-10(13(15)20)6-7-12(19)22-2/h10-11,16,18H,3-9H2,1-2H3,(H2,15,20)(H,17,21)/t10-,11+/m1/s1. The van der Waals surface area contributed by atoms with Gasteiger partial charge in [-0.25, -0.2) is 0 Å². The van der Waals surface area contributed by atoms with Crippen molar-refractivity contribution < 1.29 is 24.2 Å². The number of carbonyl (C=O) groups is 3. The molecule has 0 aliphatic heterocycles. The summed E-state index contributed by atoms with van der Waals surface area (Å²) in [6.45, 7) is 2.27. The Bertz CT molecular complexity index is 362. The number of hydrogen-bond donors (Lipinski definition) is 4. The van der Waals surface area contributed by atoms with E-state index in [1.807, 2.05) is 0 Å². The van der Waals surface area contributed by atoms with E-state index in [-0.39, 0.29) is 19.4 Å². The van der Waals surface area contributed by atoms with Gasteiger partial charge < -0.3 is 26.2 Å². The fraction of sp³-hybridized carbons (Fsp3) is 0.786. The van der Waals surface area contributed by atoms with Crippen LogP contribution in [0.3, 0.4) is 0 Å². The van der Waals surface area contributed by atoms with E-state index in [0.717, 1.165) is 19.3 Å². The first-order chi connectivity index (χ1) is 10.5. The fourth-order valence-corrected chi connectivity index (χ4v) is 1.81. The van der Waals surface area contributed by atoms with Crippen molar-refractivity contribution in [1.82, 2.24) is 10.6 Å². The van der Waals surface area contributed by atoms with E-state index in [9.17, 15) is 19.5 Å². The van der Waals surface area contributed by atoms with Crippen LogP contribution in [0, 0.1) is 0 Å². The van der Waals surface area contributed by atoms with Crippen molar-refractivity contribution in [2.45, 2.75) is 51.1 Å². The highest BCUT2D eigenvalue weighted by molar-refractivity contribution is 5.89. The summed E-state index contributed by atoms with van der Waals surface area (Å²) in [5.41, 5.74) is 5.21. The average molecular weight is 317 g/mol. The average Bonchev–Trinajstić information content (AvgIpc) is 2.50. The lowest BCUT2D eigenvalue weighted by Gasteiger charge is -2.20. The molecule has 0 aliphatic rings. The van der Waals surface area contributed by atoms with Gasteiger partial charge in [0.15, 0.2) is 0 Å². The number of ether oxygens (including phenoxy) is 1. The van der Waals surface area contributed by atoms with Crippen LogP contribution in [0.5, 0.6) is 0 Å². The number of unbranched alkanes of at least 4 members (excludes halogenated alkanes) is 2. The van der Waals surface area contributed by atoms with Crippen LogP contribution in [0.4, 0.5) is 0 Å². The molecule has 0 saturated heterocycles. The molecule has 22 heavy (non-hydrogen) atoms. The van der Waals surface area contributed by atoms with Gasteiger partial charge in [-0.3, -0.25) is 14.4 Å². The zero-order valence-electron chi connectivity index (χ0n) is 13.3. The first-order valence-corrected chi connectivity index (χ1v) is 7.47. The molecule has 0 aromatic heterocycles. The molecule has 8 heteroatoms. The van der Waals surface area contributed by atoms with Crippen molar-refractivity contribution in [3.63, 3.8) is 0 Å². The Hall–Kier alpha value is -1.67. The molecule has 0 spiro atoms. The molecule has 2 atom stereocenters. The molecular formula is C14H27N3O5. The minimum absolute atomic E-state index is 0.0297. The SMILES string of the molecule is CCCCCN[C@@H](CO)C(=O)N[C@H](CCC(=O)OC)C(N)=O. The third-order valence-corrected chi connectivity index (χ3v) is 3.19. The molecule has 0 aromatic rings. The lowest BCUT2D eigenvalue weighted by Crippen LogP contribution is -2.53. The molecule has 0 unspecified atom stereocenters. The second kappa shape index (κ2) is 11.9. The number of amides is 2. The van der Waals surface area contributed by atoms with Gasteiger partial charge >= 0.3 is 5.97 Å². The highest BCUT2D eigenvalue weighted by Gasteiger charge is 2.24. The van der Waals surface area contributed by atoms with E-state index in [1.54, 1.807) is 0 Å². The normalized spacial score (nSPS) is 13.2. The molecule has 0 aromatic carbocycles. The Morgan fingerprint density at radius 2 is 1.91 bits per heavy atom. The van der Waals surface area contributed by atoms with Crippen LogP contribution in [-0.2, 0) is 19.1 Å². The first kappa shape index (κ1) is 20.3. The minimum Gasteiger partial charge on any atom is -0.469 e. The summed E-state index contributed by atoms with van der Waals surface area (Å²) >= 11 is 0. The topological polar surface area (TPSA) is 131 Å². The number of nitrogens with one attached hydrogen (secondary N) is 2. The molecule has 0 aliphatic carbocycles. The second-order valence-electron chi connectivity index (χ2n) is 4.97. The number of primary amides is 1. The van der Waals surface area contributed by atoms with Gasteiger partial charge in [0.25, 0.3) is 0 Å². The molecule has 0 saturated carbocycles. The van der Waals surface area contributed by atoms with Crippen molar-refractivity contribution in [1.29, 1.82) is 0 Å². The van der Waals surface area contributed by atoms with Crippen LogP contribution in [0.1, 0.15) is 39.0 Å². The molecule has 2 amide bonds. The number of aliphatic hydroxyl groups is 1. The summed E-state index contributed by atoms with van der Waals surface area (Å²) in [5, 5.41) is 14.6. The van der Waals surface area contributed by atoms with Crippen LogP contribution in [0.2, 0.25) is 0 Å². The van der Waals surface area contributed by atoms with Gasteiger partial charge in [-0.1, -0.05) is 19.8 Å². The van der Waals surface area contributed by atoms with Gasteiger partial charge in [0.2, 0.25) is 11.8 Å². The van der Waals surface area contributed by atoms with Crippen LogP contribution in [0.25, 0.3) is 0 Å². The van der Waals surface area contributed by atoms with Gasteiger partial charge in [-0.15, -0.1) is 0 Å². The first-order valence-electron chi connectivity index (χ1n) is 7.47. The lowest BCUT2D eigenvalue weighted by molar-refractivity contribution is -0.141. The fourth-order valence-electron chi connectivity index (χ4n) is 1.81. The Labute approximate surface area is 130 Å².